The number of rotatable bonds is 7. The molecule has 0 bridgehead atoms. The number of anilines is 1. The van der Waals surface area contributed by atoms with Crippen LogP contribution >= 0.6 is 0 Å². The minimum Gasteiger partial charge on any atom is -0.497 e. The van der Waals surface area contributed by atoms with Crippen molar-refractivity contribution in [3.63, 3.8) is 0 Å². The zero-order valence-corrected chi connectivity index (χ0v) is 16.0. The summed E-state index contributed by atoms with van der Waals surface area (Å²) >= 11 is 0. The summed E-state index contributed by atoms with van der Waals surface area (Å²) < 4.78 is 5.21. The molecule has 1 fully saturated rings. The van der Waals surface area contributed by atoms with Crippen LogP contribution in [-0.4, -0.2) is 68.8 Å². The molecule has 0 spiro atoms. The fraction of sp³-hybridized carbons (Fsp3) is 0.632. The lowest BCUT2D eigenvalue weighted by molar-refractivity contribution is 0.124. The number of urea groups is 1. The van der Waals surface area contributed by atoms with Gasteiger partial charge in [0.25, 0.3) is 0 Å². The summed E-state index contributed by atoms with van der Waals surface area (Å²) in [5.41, 5.74) is 1.79. The largest absolute Gasteiger partial charge is 0.497 e. The smallest absolute Gasteiger partial charge is 0.319 e. The monoisotopic (exact) mass is 348 g/mol. The lowest BCUT2D eigenvalue weighted by atomic mass is 10.1. The van der Waals surface area contributed by atoms with E-state index in [1.54, 1.807) is 7.11 Å². The SMILES string of the molecule is CCN1CCN(C[C@H](C)CNC(=O)Nc2cc(OC)ccc2C)CC1. The molecule has 0 aliphatic carbocycles. The number of ether oxygens (including phenoxy) is 1. The molecule has 1 aliphatic rings. The lowest BCUT2D eigenvalue weighted by Crippen LogP contribution is -2.48. The Bertz CT molecular complexity index is 556. The van der Waals surface area contributed by atoms with Crippen LogP contribution < -0.4 is 15.4 Å². The van der Waals surface area contributed by atoms with Crippen LogP contribution in [0.4, 0.5) is 10.5 Å². The highest BCUT2D eigenvalue weighted by Crippen LogP contribution is 2.21. The molecule has 140 valence electrons. The number of benzene rings is 1. The van der Waals surface area contributed by atoms with Crippen LogP contribution in [-0.2, 0) is 0 Å². The summed E-state index contributed by atoms with van der Waals surface area (Å²) in [6.07, 6.45) is 0. The quantitative estimate of drug-likeness (QED) is 0.794. The van der Waals surface area contributed by atoms with Crippen molar-refractivity contribution < 1.29 is 9.53 Å². The molecule has 0 aromatic heterocycles. The Labute approximate surface area is 151 Å². The zero-order chi connectivity index (χ0) is 18.2. The Morgan fingerprint density at radius 3 is 2.56 bits per heavy atom. The van der Waals surface area contributed by atoms with Gasteiger partial charge in [0.1, 0.15) is 5.75 Å². The predicted molar refractivity (Wildman–Crippen MR) is 102 cm³/mol. The van der Waals surface area contributed by atoms with E-state index in [1.807, 2.05) is 25.1 Å². The van der Waals surface area contributed by atoms with Crippen molar-refractivity contribution in [3.8, 4) is 5.75 Å². The Morgan fingerprint density at radius 1 is 1.24 bits per heavy atom. The average Bonchev–Trinajstić information content (AvgIpc) is 2.62. The molecule has 0 saturated carbocycles. The molecule has 6 heteroatoms. The van der Waals surface area contributed by atoms with Crippen molar-refractivity contribution in [2.75, 3.05) is 58.2 Å². The van der Waals surface area contributed by atoms with Crippen LogP contribution in [0.5, 0.6) is 5.75 Å². The first-order valence-corrected chi connectivity index (χ1v) is 9.16. The second-order valence-corrected chi connectivity index (χ2v) is 6.86. The van der Waals surface area contributed by atoms with Gasteiger partial charge in [-0.25, -0.2) is 4.79 Å². The molecule has 2 N–H and O–H groups in total. The van der Waals surface area contributed by atoms with Gasteiger partial charge >= 0.3 is 6.03 Å². The molecule has 2 amide bonds. The second kappa shape index (κ2) is 9.63. The van der Waals surface area contributed by atoms with Crippen molar-refractivity contribution >= 4 is 11.7 Å². The van der Waals surface area contributed by atoms with E-state index in [0.29, 0.717) is 12.5 Å². The number of hydrogen-bond acceptors (Lipinski definition) is 4. The first kappa shape index (κ1) is 19.5. The molecule has 1 aromatic carbocycles. The second-order valence-electron chi connectivity index (χ2n) is 6.86. The van der Waals surface area contributed by atoms with Gasteiger partial charge in [-0.15, -0.1) is 0 Å². The van der Waals surface area contributed by atoms with Gasteiger partial charge in [0.05, 0.1) is 7.11 Å². The van der Waals surface area contributed by atoms with E-state index >= 15 is 0 Å². The van der Waals surface area contributed by atoms with Crippen LogP contribution in [0.15, 0.2) is 18.2 Å². The van der Waals surface area contributed by atoms with Gasteiger partial charge in [-0.1, -0.05) is 19.9 Å². The van der Waals surface area contributed by atoms with Gasteiger partial charge in [0.2, 0.25) is 0 Å². The first-order chi connectivity index (χ1) is 12.0. The maximum absolute atomic E-state index is 12.2. The van der Waals surface area contributed by atoms with Crippen LogP contribution in [0.2, 0.25) is 0 Å². The molecule has 0 radical (unpaired) electrons. The molecule has 25 heavy (non-hydrogen) atoms. The number of amides is 2. The topological polar surface area (TPSA) is 56.8 Å². The van der Waals surface area contributed by atoms with E-state index in [1.165, 1.54) is 0 Å². The summed E-state index contributed by atoms with van der Waals surface area (Å²) in [5, 5.41) is 5.88. The third-order valence-corrected chi connectivity index (χ3v) is 4.79. The van der Waals surface area contributed by atoms with Crippen molar-refractivity contribution in [1.82, 2.24) is 15.1 Å². The molecule has 1 saturated heterocycles. The Hall–Kier alpha value is -1.79. The number of hydrogen-bond donors (Lipinski definition) is 2. The zero-order valence-electron chi connectivity index (χ0n) is 16.0. The number of piperazine rings is 1. The Morgan fingerprint density at radius 2 is 1.92 bits per heavy atom. The number of nitrogens with zero attached hydrogens (tertiary/aromatic N) is 2. The van der Waals surface area contributed by atoms with Gasteiger partial charge < -0.3 is 25.2 Å². The fourth-order valence-corrected chi connectivity index (χ4v) is 3.09. The molecule has 0 unspecified atom stereocenters. The summed E-state index contributed by atoms with van der Waals surface area (Å²) in [5.74, 6) is 1.16. The van der Waals surface area contributed by atoms with Gasteiger partial charge in [-0.2, -0.15) is 0 Å². The lowest BCUT2D eigenvalue weighted by Gasteiger charge is -2.35. The standard InChI is InChI=1S/C19H32N4O2/c1-5-22-8-10-23(11-9-22)14-15(2)13-20-19(24)21-18-12-17(25-4)7-6-16(18)3/h6-7,12,15H,5,8-11,13-14H2,1-4H3,(H2,20,21,24)/t15-/m1/s1. The van der Waals surface area contributed by atoms with E-state index in [-0.39, 0.29) is 6.03 Å². The maximum atomic E-state index is 12.2. The van der Waals surface area contributed by atoms with E-state index in [4.69, 9.17) is 4.74 Å². The van der Waals surface area contributed by atoms with Crippen molar-refractivity contribution in [3.05, 3.63) is 23.8 Å². The molecular weight excluding hydrogens is 316 g/mol. The summed E-state index contributed by atoms with van der Waals surface area (Å²) in [4.78, 5) is 17.1. The Balaban J connectivity index is 1.72. The Kier molecular flexibility index (Phi) is 7.52. The van der Waals surface area contributed by atoms with E-state index in [2.05, 4.69) is 34.3 Å². The molecular formula is C19H32N4O2. The normalized spacial score (nSPS) is 17.1. The number of aryl methyl sites for hydroxylation is 1. The van der Waals surface area contributed by atoms with Crippen molar-refractivity contribution in [1.29, 1.82) is 0 Å². The third kappa shape index (κ3) is 6.21. The third-order valence-electron chi connectivity index (χ3n) is 4.79. The van der Waals surface area contributed by atoms with Crippen molar-refractivity contribution in [2.45, 2.75) is 20.8 Å². The van der Waals surface area contributed by atoms with Gasteiger partial charge in [-0.05, 0) is 31.0 Å². The highest BCUT2D eigenvalue weighted by atomic mass is 16.5. The van der Waals surface area contributed by atoms with E-state index in [0.717, 1.165) is 56.3 Å². The first-order valence-electron chi connectivity index (χ1n) is 9.16. The summed E-state index contributed by atoms with van der Waals surface area (Å²) in [7, 11) is 1.62. The van der Waals surface area contributed by atoms with Crippen molar-refractivity contribution in [2.24, 2.45) is 5.92 Å². The molecule has 6 nitrogen and oxygen atoms in total. The highest BCUT2D eigenvalue weighted by Gasteiger charge is 2.17. The fourth-order valence-electron chi connectivity index (χ4n) is 3.09. The van der Waals surface area contributed by atoms with Crippen LogP contribution in [0, 0.1) is 12.8 Å². The minimum atomic E-state index is -0.168. The molecule has 1 aliphatic heterocycles. The number of carbonyl (C=O) groups excluding carboxylic acids is 1. The average molecular weight is 348 g/mol. The minimum absolute atomic E-state index is 0.168. The number of likely N-dealkylation sites (N-methyl/N-ethyl adjacent to an activating group) is 1. The number of methoxy groups -OCH3 is 1. The highest BCUT2D eigenvalue weighted by molar-refractivity contribution is 5.90. The molecule has 2 rings (SSSR count). The van der Waals surface area contributed by atoms with E-state index < -0.39 is 0 Å². The molecule has 1 aromatic rings. The van der Waals surface area contributed by atoms with Crippen LogP contribution in [0.25, 0.3) is 0 Å². The van der Waals surface area contributed by atoms with Gasteiger partial charge in [-0.3, -0.25) is 0 Å². The van der Waals surface area contributed by atoms with Crippen LogP contribution in [0.1, 0.15) is 19.4 Å². The van der Waals surface area contributed by atoms with Gasteiger partial charge in [0, 0.05) is 51.0 Å². The molecule has 1 atom stereocenters. The van der Waals surface area contributed by atoms with E-state index in [9.17, 15) is 4.79 Å². The summed E-state index contributed by atoms with van der Waals surface area (Å²) in [6, 6.07) is 5.50. The van der Waals surface area contributed by atoms with Crippen LogP contribution in [0.3, 0.4) is 0 Å². The molecule has 1 heterocycles. The number of nitrogens with one attached hydrogen (secondary N) is 2. The maximum Gasteiger partial charge on any atom is 0.319 e. The number of carbonyl (C=O) groups is 1. The van der Waals surface area contributed by atoms with Gasteiger partial charge in [0.15, 0.2) is 0 Å². The predicted octanol–water partition coefficient (Wildman–Crippen LogP) is 2.40. The summed E-state index contributed by atoms with van der Waals surface area (Å²) in [6.45, 7) is 13.7.